The van der Waals surface area contributed by atoms with Crippen molar-refractivity contribution >= 4 is 22.8 Å². The van der Waals surface area contributed by atoms with Gasteiger partial charge in [-0.3, -0.25) is 9.59 Å². The number of hydrogen-bond acceptors (Lipinski definition) is 3. The van der Waals surface area contributed by atoms with Gasteiger partial charge in [0.1, 0.15) is 5.69 Å². The summed E-state index contributed by atoms with van der Waals surface area (Å²) in [5, 5.41) is 1.04. The van der Waals surface area contributed by atoms with Gasteiger partial charge in [-0.05, 0) is 37.8 Å². The molecular weight excluding hydrogens is 316 g/mol. The van der Waals surface area contributed by atoms with E-state index in [1.807, 2.05) is 42.2 Å². The van der Waals surface area contributed by atoms with Crippen LogP contribution in [0.25, 0.3) is 10.9 Å². The fraction of sp³-hybridized carbons (Fsp3) is 0.500. The van der Waals surface area contributed by atoms with E-state index in [0.29, 0.717) is 18.8 Å². The number of aromatic amines is 1. The maximum absolute atomic E-state index is 13.0. The van der Waals surface area contributed by atoms with Gasteiger partial charge in [0.15, 0.2) is 0 Å². The number of carbonyl (C=O) groups is 2. The Kier molecular flexibility index (Phi) is 5.41. The topological polar surface area (TPSA) is 62.4 Å². The van der Waals surface area contributed by atoms with Gasteiger partial charge in [-0.1, -0.05) is 31.5 Å². The van der Waals surface area contributed by atoms with Crippen LogP contribution in [0, 0.1) is 11.8 Å². The van der Waals surface area contributed by atoms with E-state index in [0.717, 1.165) is 36.7 Å². The van der Waals surface area contributed by atoms with Gasteiger partial charge in [0.25, 0.3) is 5.91 Å². The van der Waals surface area contributed by atoms with E-state index < -0.39 is 0 Å². The molecule has 1 aliphatic carbocycles. The Labute approximate surface area is 148 Å². The molecule has 1 amide bonds. The van der Waals surface area contributed by atoms with E-state index in [2.05, 4.69) is 11.9 Å². The molecule has 5 heteroatoms. The summed E-state index contributed by atoms with van der Waals surface area (Å²) in [6.07, 6.45) is 2.81. The summed E-state index contributed by atoms with van der Waals surface area (Å²) in [6, 6.07) is 9.80. The molecule has 3 rings (SSSR count). The zero-order valence-electron chi connectivity index (χ0n) is 15.0. The fourth-order valence-electron chi connectivity index (χ4n) is 3.25. The van der Waals surface area contributed by atoms with E-state index in [9.17, 15) is 9.59 Å². The zero-order valence-corrected chi connectivity index (χ0v) is 15.0. The quantitative estimate of drug-likeness (QED) is 0.746. The largest absolute Gasteiger partial charge is 0.466 e. The predicted octanol–water partition coefficient (Wildman–Crippen LogP) is 3.61. The van der Waals surface area contributed by atoms with Gasteiger partial charge in [0.05, 0.1) is 12.5 Å². The van der Waals surface area contributed by atoms with Crippen LogP contribution in [0.3, 0.4) is 0 Å². The maximum atomic E-state index is 13.0. The molecule has 0 bridgehead atoms. The number of unbranched alkanes of at least 4 members (excludes halogenated alkanes) is 1. The minimum absolute atomic E-state index is 0.0131. The summed E-state index contributed by atoms with van der Waals surface area (Å²) in [6.45, 7) is 5.69. The molecule has 25 heavy (non-hydrogen) atoms. The van der Waals surface area contributed by atoms with Crippen molar-refractivity contribution in [3.05, 3.63) is 36.0 Å². The molecule has 2 aromatic rings. The number of ether oxygens (including phenoxy) is 1. The highest BCUT2D eigenvalue weighted by molar-refractivity contribution is 5.98. The Balaban J connectivity index is 1.69. The number of rotatable bonds is 8. The third kappa shape index (κ3) is 4.03. The normalized spacial score (nSPS) is 19.0. The van der Waals surface area contributed by atoms with Crippen LogP contribution in [0.4, 0.5) is 0 Å². The molecule has 1 saturated carbocycles. The summed E-state index contributed by atoms with van der Waals surface area (Å²) in [5.74, 6) is 0.0731. The van der Waals surface area contributed by atoms with E-state index in [-0.39, 0.29) is 23.7 Å². The number of benzene rings is 1. The summed E-state index contributed by atoms with van der Waals surface area (Å²) in [4.78, 5) is 29.9. The third-order valence-electron chi connectivity index (χ3n) is 4.80. The number of nitrogens with one attached hydrogen (secondary N) is 1. The van der Waals surface area contributed by atoms with Crippen molar-refractivity contribution in [1.82, 2.24) is 9.88 Å². The third-order valence-corrected chi connectivity index (χ3v) is 4.80. The summed E-state index contributed by atoms with van der Waals surface area (Å²) >= 11 is 0. The van der Waals surface area contributed by atoms with Gasteiger partial charge in [0, 0.05) is 24.0 Å². The van der Waals surface area contributed by atoms with Gasteiger partial charge in [-0.2, -0.15) is 0 Å². The Morgan fingerprint density at radius 3 is 2.80 bits per heavy atom. The maximum Gasteiger partial charge on any atom is 0.309 e. The van der Waals surface area contributed by atoms with Crippen LogP contribution in [0.1, 0.15) is 43.6 Å². The number of H-pyrrole nitrogens is 1. The van der Waals surface area contributed by atoms with Gasteiger partial charge < -0.3 is 14.6 Å². The number of fused-ring (bicyclic) bond motifs is 1. The standard InChI is InChI=1S/C20H26N2O3/c1-3-5-10-22(13-15-11-16(15)20(24)25-4-2)19(23)18-12-14-8-6-7-9-17(14)21-18/h6-9,12,15-16,21H,3-5,10-11,13H2,1-2H3/t15-,16+/m1/s1. The van der Waals surface area contributed by atoms with Crippen LogP contribution in [-0.4, -0.2) is 41.5 Å². The minimum atomic E-state index is -0.124. The SMILES string of the molecule is CCCCN(C[C@H]1C[C@@H]1C(=O)OCC)C(=O)c1cc2ccccc2[nH]1. The molecule has 1 heterocycles. The first-order chi connectivity index (χ1) is 12.1. The van der Waals surface area contributed by atoms with Crippen LogP contribution < -0.4 is 0 Å². The molecule has 0 unspecified atom stereocenters. The Hall–Kier alpha value is -2.30. The molecule has 2 atom stereocenters. The molecule has 0 aliphatic heterocycles. The molecule has 1 fully saturated rings. The molecule has 0 radical (unpaired) electrons. The second-order valence-corrected chi connectivity index (χ2v) is 6.73. The summed E-state index contributed by atoms with van der Waals surface area (Å²) in [7, 11) is 0. The van der Waals surface area contributed by atoms with Gasteiger partial charge in [-0.15, -0.1) is 0 Å². The van der Waals surface area contributed by atoms with E-state index in [1.165, 1.54) is 0 Å². The van der Waals surface area contributed by atoms with Crippen molar-refractivity contribution in [2.45, 2.75) is 33.1 Å². The number of esters is 1. The number of para-hydroxylation sites is 1. The monoisotopic (exact) mass is 342 g/mol. The van der Waals surface area contributed by atoms with Crippen LogP contribution in [-0.2, 0) is 9.53 Å². The minimum Gasteiger partial charge on any atom is -0.466 e. The lowest BCUT2D eigenvalue weighted by atomic mass is 10.2. The number of carbonyl (C=O) groups excluding carboxylic acids is 2. The summed E-state index contributed by atoms with van der Waals surface area (Å²) in [5.41, 5.74) is 1.59. The Morgan fingerprint density at radius 1 is 1.28 bits per heavy atom. The van der Waals surface area contributed by atoms with Gasteiger partial charge in [0.2, 0.25) is 0 Å². The molecule has 1 aliphatic rings. The summed E-state index contributed by atoms with van der Waals surface area (Å²) < 4.78 is 5.10. The van der Waals surface area contributed by atoms with Crippen molar-refractivity contribution < 1.29 is 14.3 Å². The average Bonchev–Trinajstić information content (AvgIpc) is 3.25. The van der Waals surface area contributed by atoms with E-state index >= 15 is 0 Å². The number of hydrogen-bond donors (Lipinski definition) is 1. The Morgan fingerprint density at radius 2 is 2.08 bits per heavy atom. The lowest BCUT2D eigenvalue weighted by Gasteiger charge is -2.22. The highest BCUT2D eigenvalue weighted by atomic mass is 16.5. The van der Waals surface area contributed by atoms with Crippen LogP contribution in [0.2, 0.25) is 0 Å². The first-order valence-electron chi connectivity index (χ1n) is 9.17. The number of aromatic nitrogens is 1. The zero-order chi connectivity index (χ0) is 17.8. The molecule has 1 N–H and O–H groups in total. The number of amides is 1. The molecule has 0 spiro atoms. The second kappa shape index (κ2) is 7.72. The first-order valence-corrected chi connectivity index (χ1v) is 9.17. The fourth-order valence-corrected chi connectivity index (χ4v) is 3.25. The van der Waals surface area contributed by atoms with Gasteiger partial charge in [-0.25, -0.2) is 0 Å². The van der Waals surface area contributed by atoms with Crippen molar-refractivity contribution in [3.8, 4) is 0 Å². The molecule has 1 aromatic carbocycles. The first kappa shape index (κ1) is 17.5. The second-order valence-electron chi connectivity index (χ2n) is 6.73. The average molecular weight is 342 g/mol. The van der Waals surface area contributed by atoms with Crippen molar-refractivity contribution in [2.24, 2.45) is 11.8 Å². The van der Waals surface area contributed by atoms with Crippen molar-refractivity contribution in [3.63, 3.8) is 0 Å². The van der Waals surface area contributed by atoms with Crippen LogP contribution in [0.15, 0.2) is 30.3 Å². The molecule has 134 valence electrons. The van der Waals surface area contributed by atoms with Crippen LogP contribution >= 0.6 is 0 Å². The highest BCUT2D eigenvalue weighted by Crippen LogP contribution is 2.40. The molecule has 5 nitrogen and oxygen atoms in total. The highest BCUT2D eigenvalue weighted by Gasteiger charge is 2.45. The lowest BCUT2D eigenvalue weighted by molar-refractivity contribution is -0.145. The van der Waals surface area contributed by atoms with Crippen LogP contribution in [0.5, 0.6) is 0 Å². The predicted molar refractivity (Wildman–Crippen MR) is 97.3 cm³/mol. The van der Waals surface area contributed by atoms with Crippen molar-refractivity contribution in [2.75, 3.05) is 19.7 Å². The van der Waals surface area contributed by atoms with E-state index in [1.54, 1.807) is 0 Å². The van der Waals surface area contributed by atoms with E-state index in [4.69, 9.17) is 4.74 Å². The van der Waals surface area contributed by atoms with Gasteiger partial charge >= 0.3 is 5.97 Å². The Bertz CT molecular complexity index is 719. The molecular formula is C20H26N2O3. The van der Waals surface area contributed by atoms with Crippen molar-refractivity contribution in [1.29, 1.82) is 0 Å². The number of nitrogens with zero attached hydrogens (tertiary/aromatic N) is 1. The molecule has 1 aromatic heterocycles. The lowest BCUT2D eigenvalue weighted by Crippen LogP contribution is -2.34. The molecule has 0 saturated heterocycles. The smallest absolute Gasteiger partial charge is 0.309 e.